The molecule has 0 aliphatic rings. The minimum absolute atomic E-state index is 0. The van der Waals surface area contributed by atoms with Crippen molar-refractivity contribution < 1.29 is 10.1 Å². The van der Waals surface area contributed by atoms with E-state index in [1.165, 1.54) is 0 Å². The van der Waals surface area contributed by atoms with Crippen molar-refractivity contribution in [2.75, 3.05) is 0 Å². The van der Waals surface area contributed by atoms with Gasteiger partial charge in [-0.25, -0.2) is 4.89 Å². The SMILES string of the molecule is CC(C)(C)OO.[LiH]. The molecule has 0 aromatic heterocycles. The second kappa shape index (κ2) is 3.51. The number of hydrogen-bond acceptors (Lipinski definition) is 2. The van der Waals surface area contributed by atoms with Crippen molar-refractivity contribution in [3.05, 3.63) is 0 Å². The molecule has 2 nitrogen and oxygen atoms in total. The van der Waals surface area contributed by atoms with E-state index in [1.54, 1.807) is 20.8 Å². The Morgan fingerprint density at radius 1 is 1.29 bits per heavy atom. The molecule has 0 bridgehead atoms. The molecule has 0 amide bonds. The van der Waals surface area contributed by atoms with Gasteiger partial charge in [0.2, 0.25) is 0 Å². The van der Waals surface area contributed by atoms with Crippen molar-refractivity contribution in [1.82, 2.24) is 0 Å². The van der Waals surface area contributed by atoms with Crippen molar-refractivity contribution in [3.63, 3.8) is 0 Å². The Morgan fingerprint density at radius 3 is 1.43 bits per heavy atom. The molecule has 0 fully saturated rings. The van der Waals surface area contributed by atoms with Crippen LogP contribution < -0.4 is 0 Å². The first kappa shape index (κ1) is 10.5. The van der Waals surface area contributed by atoms with Crippen molar-refractivity contribution in [2.45, 2.75) is 26.4 Å². The van der Waals surface area contributed by atoms with Gasteiger partial charge in [0.25, 0.3) is 0 Å². The van der Waals surface area contributed by atoms with E-state index in [9.17, 15) is 0 Å². The molecule has 1 N–H and O–H groups in total. The summed E-state index contributed by atoms with van der Waals surface area (Å²) in [4.78, 5) is 3.94. The van der Waals surface area contributed by atoms with Gasteiger partial charge >= 0.3 is 18.9 Å². The zero-order valence-electron chi connectivity index (χ0n) is 4.36. The molecule has 0 rings (SSSR count). The van der Waals surface area contributed by atoms with Crippen LogP contribution in [0, 0.1) is 0 Å². The van der Waals surface area contributed by atoms with Gasteiger partial charge in [-0.3, -0.25) is 5.26 Å². The molecule has 0 heterocycles. The van der Waals surface area contributed by atoms with E-state index >= 15 is 0 Å². The number of rotatable bonds is 0. The molecule has 0 aromatic rings. The second-order valence-corrected chi connectivity index (χ2v) is 2.20. The van der Waals surface area contributed by atoms with Gasteiger partial charge in [0.15, 0.2) is 0 Å². The summed E-state index contributed by atoms with van der Waals surface area (Å²) in [7, 11) is 0. The van der Waals surface area contributed by atoms with Gasteiger partial charge in [-0.05, 0) is 20.8 Å². The Kier molecular flexibility index (Phi) is 5.26. The summed E-state index contributed by atoms with van der Waals surface area (Å²) >= 11 is 0. The van der Waals surface area contributed by atoms with Crippen LogP contribution in [0.5, 0.6) is 0 Å². The topological polar surface area (TPSA) is 29.5 Å². The van der Waals surface area contributed by atoms with E-state index < -0.39 is 5.60 Å². The Morgan fingerprint density at radius 2 is 1.43 bits per heavy atom. The van der Waals surface area contributed by atoms with Gasteiger partial charge in [-0.15, -0.1) is 0 Å². The van der Waals surface area contributed by atoms with Gasteiger partial charge < -0.3 is 0 Å². The first-order chi connectivity index (χ1) is 2.56. The summed E-state index contributed by atoms with van der Waals surface area (Å²) in [6.07, 6.45) is 0. The van der Waals surface area contributed by atoms with Gasteiger partial charge in [0.1, 0.15) is 0 Å². The quantitative estimate of drug-likeness (QED) is 0.273. The van der Waals surface area contributed by atoms with E-state index in [-0.39, 0.29) is 18.9 Å². The maximum absolute atomic E-state index is 7.90. The molecule has 3 heteroatoms. The molecular weight excluding hydrogens is 87.0 g/mol. The molecule has 0 saturated carbocycles. The van der Waals surface area contributed by atoms with E-state index in [1.807, 2.05) is 0 Å². The van der Waals surface area contributed by atoms with Gasteiger partial charge in [-0.2, -0.15) is 0 Å². The Hall–Kier alpha value is 0.517. The van der Waals surface area contributed by atoms with Crippen LogP contribution in [0.15, 0.2) is 0 Å². The van der Waals surface area contributed by atoms with Gasteiger partial charge in [0.05, 0.1) is 5.60 Å². The Balaban J connectivity index is 0. The fourth-order valence-electron chi connectivity index (χ4n) is 0. The Bertz CT molecular complexity index is 39.4. The second-order valence-electron chi connectivity index (χ2n) is 2.20. The van der Waals surface area contributed by atoms with Gasteiger partial charge in [-0.1, -0.05) is 0 Å². The molecule has 0 atom stereocenters. The van der Waals surface area contributed by atoms with Crippen LogP contribution in [0.1, 0.15) is 20.8 Å². The summed E-state index contributed by atoms with van der Waals surface area (Å²) in [6.45, 7) is 5.31. The minimum atomic E-state index is -0.403. The van der Waals surface area contributed by atoms with Crippen molar-refractivity contribution in [3.8, 4) is 0 Å². The molecule has 0 spiro atoms. The maximum atomic E-state index is 7.90. The molecule has 0 aliphatic heterocycles. The molecule has 0 unspecified atom stereocenters. The Labute approximate surface area is 56.0 Å². The standard InChI is InChI=1S/C4H10O2.Li.H/c1-4(2,3)6-5;;/h5H,1-3H3;;. The first-order valence-corrected chi connectivity index (χ1v) is 1.89. The molecule has 7 heavy (non-hydrogen) atoms. The molecule has 0 saturated heterocycles. The predicted octanol–water partition coefficient (Wildman–Crippen LogP) is 0.626. The summed E-state index contributed by atoms with van der Waals surface area (Å²) in [5, 5.41) is 7.90. The third-order valence-electron chi connectivity index (χ3n) is 0.274. The van der Waals surface area contributed by atoms with Crippen molar-refractivity contribution >= 4 is 18.9 Å². The third-order valence-corrected chi connectivity index (χ3v) is 0.274. The fourth-order valence-corrected chi connectivity index (χ4v) is 0. The summed E-state index contributed by atoms with van der Waals surface area (Å²) in [5.41, 5.74) is -0.403. The predicted molar refractivity (Wildman–Crippen MR) is 30.6 cm³/mol. The fraction of sp³-hybridized carbons (Fsp3) is 1.00. The van der Waals surface area contributed by atoms with E-state index in [4.69, 9.17) is 5.26 Å². The zero-order valence-corrected chi connectivity index (χ0v) is 4.36. The zero-order chi connectivity index (χ0) is 5.21. The summed E-state index contributed by atoms with van der Waals surface area (Å²) in [5.74, 6) is 0. The summed E-state index contributed by atoms with van der Waals surface area (Å²) < 4.78 is 0. The molecule has 0 aliphatic carbocycles. The average molecular weight is 98.1 g/mol. The first-order valence-electron chi connectivity index (χ1n) is 1.89. The summed E-state index contributed by atoms with van der Waals surface area (Å²) in [6, 6.07) is 0. The van der Waals surface area contributed by atoms with Crippen molar-refractivity contribution in [2.24, 2.45) is 0 Å². The number of hydrogen-bond donors (Lipinski definition) is 1. The van der Waals surface area contributed by atoms with Crippen LogP contribution in [-0.2, 0) is 4.89 Å². The third kappa shape index (κ3) is 10.7. The molecular formula is C4H11LiO2. The van der Waals surface area contributed by atoms with E-state index in [0.717, 1.165) is 0 Å². The van der Waals surface area contributed by atoms with Crippen molar-refractivity contribution in [1.29, 1.82) is 0 Å². The van der Waals surface area contributed by atoms with Crippen LogP contribution in [0.25, 0.3) is 0 Å². The average Bonchev–Trinajstić information content (AvgIpc) is 1.35. The van der Waals surface area contributed by atoms with Crippen LogP contribution in [-0.4, -0.2) is 29.7 Å². The van der Waals surface area contributed by atoms with Crippen LogP contribution in [0.4, 0.5) is 0 Å². The van der Waals surface area contributed by atoms with E-state index in [0.29, 0.717) is 0 Å². The van der Waals surface area contributed by atoms with E-state index in [2.05, 4.69) is 4.89 Å². The molecule has 0 radical (unpaired) electrons. The van der Waals surface area contributed by atoms with Crippen LogP contribution >= 0.6 is 0 Å². The van der Waals surface area contributed by atoms with Gasteiger partial charge in [0, 0.05) is 0 Å². The monoisotopic (exact) mass is 98.1 g/mol. The normalized spacial score (nSPS) is 10.3. The van der Waals surface area contributed by atoms with Crippen LogP contribution in [0.3, 0.4) is 0 Å². The molecule has 40 valence electrons. The van der Waals surface area contributed by atoms with Crippen LogP contribution in [0.2, 0.25) is 0 Å². The molecule has 0 aromatic carbocycles.